The lowest BCUT2D eigenvalue weighted by Crippen LogP contribution is -2.28. The summed E-state index contributed by atoms with van der Waals surface area (Å²) in [6.45, 7) is 0.490. The maximum Gasteiger partial charge on any atom is 0.319 e. The molecule has 2 aromatic carbocycles. The highest BCUT2D eigenvalue weighted by Crippen LogP contribution is 2.20. The van der Waals surface area contributed by atoms with E-state index in [0.29, 0.717) is 6.54 Å². The molecule has 0 atom stereocenters. The molecule has 0 saturated heterocycles. The molecule has 2 N–H and O–H groups in total. The summed E-state index contributed by atoms with van der Waals surface area (Å²) in [6.07, 6.45) is 0. The number of benzene rings is 2. The lowest BCUT2D eigenvalue weighted by molar-refractivity contribution is 0.251. The van der Waals surface area contributed by atoms with Gasteiger partial charge in [0.25, 0.3) is 0 Å². The predicted octanol–water partition coefficient (Wildman–Crippen LogP) is 4.53. The van der Waals surface area contributed by atoms with Gasteiger partial charge >= 0.3 is 6.03 Å². The van der Waals surface area contributed by atoms with Crippen LogP contribution < -0.4 is 10.6 Å². The van der Waals surface area contributed by atoms with E-state index in [-0.39, 0.29) is 6.03 Å². The summed E-state index contributed by atoms with van der Waals surface area (Å²) in [5.74, 6) is 0. The molecule has 0 bridgehead atoms. The molecular formula is C14H12Br2N2O. The summed E-state index contributed by atoms with van der Waals surface area (Å²) < 4.78 is 1.88. The van der Waals surface area contributed by atoms with Gasteiger partial charge in [0.05, 0.1) is 5.69 Å². The van der Waals surface area contributed by atoms with E-state index in [2.05, 4.69) is 42.5 Å². The number of halogens is 2. The fourth-order valence-electron chi connectivity index (χ4n) is 1.51. The standard InChI is InChI=1S/C14H12Br2N2O/c15-11-7-5-10(6-8-11)9-17-14(19)18-13-4-2-1-3-12(13)16/h1-8H,9H2,(H2,17,18,19). The van der Waals surface area contributed by atoms with Crippen molar-refractivity contribution in [3.63, 3.8) is 0 Å². The topological polar surface area (TPSA) is 41.1 Å². The van der Waals surface area contributed by atoms with Gasteiger partial charge in [-0.3, -0.25) is 0 Å². The molecule has 0 fully saturated rings. The number of carbonyl (C=O) groups is 1. The highest BCUT2D eigenvalue weighted by molar-refractivity contribution is 9.10. The average molecular weight is 384 g/mol. The van der Waals surface area contributed by atoms with E-state index in [1.165, 1.54) is 0 Å². The van der Waals surface area contributed by atoms with Gasteiger partial charge in [0.2, 0.25) is 0 Å². The number of anilines is 1. The first-order valence-corrected chi connectivity index (χ1v) is 7.27. The molecule has 19 heavy (non-hydrogen) atoms. The minimum atomic E-state index is -0.227. The minimum Gasteiger partial charge on any atom is -0.334 e. The summed E-state index contributed by atoms with van der Waals surface area (Å²) in [7, 11) is 0. The van der Waals surface area contributed by atoms with E-state index in [1.54, 1.807) is 0 Å². The van der Waals surface area contributed by atoms with Crippen LogP contribution in [0.3, 0.4) is 0 Å². The van der Waals surface area contributed by atoms with E-state index >= 15 is 0 Å². The SMILES string of the molecule is O=C(NCc1ccc(Br)cc1)Nc1ccccc1Br. The van der Waals surface area contributed by atoms with Crippen molar-refractivity contribution in [2.24, 2.45) is 0 Å². The van der Waals surface area contributed by atoms with Crippen LogP contribution in [0.5, 0.6) is 0 Å². The van der Waals surface area contributed by atoms with Gasteiger partial charge in [0, 0.05) is 15.5 Å². The van der Waals surface area contributed by atoms with Crippen LogP contribution in [0.25, 0.3) is 0 Å². The molecule has 2 aromatic rings. The molecule has 2 rings (SSSR count). The van der Waals surface area contributed by atoms with E-state index in [0.717, 1.165) is 20.2 Å². The normalized spacial score (nSPS) is 10.0. The van der Waals surface area contributed by atoms with E-state index < -0.39 is 0 Å². The highest BCUT2D eigenvalue weighted by Gasteiger charge is 2.04. The van der Waals surface area contributed by atoms with Crippen molar-refractivity contribution >= 4 is 43.6 Å². The molecule has 0 radical (unpaired) electrons. The Labute approximate surface area is 128 Å². The Morgan fingerprint density at radius 1 is 1.00 bits per heavy atom. The molecule has 0 aromatic heterocycles. The molecule has 0 aliphatic rings. The third-order valence-electron chi connectivity index (χ3n) is 2.49. The summed E-state index contributed by atoms with van der Waals surface area (Å²) in [5.41, 5.74) is 1.79. The largest absolute Gasteiger partial charge is 0.334 e. The first kappa shape index (κ1) is 14.1. The molecule has 0 saturated carbocycles. The maximum absolute atomic E-state index is 11.8. The number of carbonyl (C=O) groups excluding carboxylic acids is 1. The third kappa shape index (κ3) is 4.36. The number of urea groups is 1. The van der Waals surface area contributed by atoms with Gasteiger partial charge in [-0.25, -0.2) is 4.79 Å². The van der Waals surface area contributed by atoms with Crippen molar-refractivity contribution in [3.8, 4) is 0 Å². The van der Waals surface area contributed by atoms with Crippen LogP contribution >= 0.6 is 31.9 Å². The number of rotatable bonds is 3. The monoisotopic (exact) mass is 382 g/mol. The highest BCUT2D eigenvalue weighted by atomic mass is 79.9. The second kappa shape index (κ2) is 6.73. The zero-order valence-corrected chi connectivity index (χ0v) is 13.2. The zero-order chi connectivity index (χ0) is 13.7. The summed E-state index contributed by atoms with van der Waals surface area (Å²) in [5, 5.41) is 5.59. The van der Waals surface area contributed by atoms with E-state index in [4.69, 9.17) is 0 Å². The summed E-state index contributed by atoms with van der Waals surface area (Å²) in [6, 6.07) is 15.1. The summed E-state index contributed by atoms with van der Waals surface area (Å²) in [4.78, 5) is 11.8. The van der Waals surface area contributed by atoms with E-state index in [1.807, 2.05) is 48.5 Å². The smallest absolute Gasteiger partial charge is 0.319 e. The molecule has 5 heteroatoms. The Kier molecular flexibility index (Phi) is 4.99. The van der Waals surface area contributed by atoms with Crippen molar-refractivity contribution in [1.29, 1.82) is 0 Å². The van der Waals surface area contributed by atoms with Crippen LogP contribution in [-0.4, -0.2) is 6.03 Å². The fourth-order valence-corrected chi connectivity index (χ4v) is 2.16. The van der Waals surface area contributed by atoms with Crippen LogP contribution in [-0.2, 0) is 6.54 Å². The Balaban J connectivity index is 1.88. The number of hydrogen-bond acceptors (Lipinski definition) is 1. The maximum atomic E-state index is 11.8. The second-order valence-electron chi connectivity index (χ2n) is 3.91. The quantitative estimate of drug-likeness (QED) is 0.802. The van der Waals surface area contributed by atoms with Gasteiger partial charge < -0.3 is 10.6 Å². The molecule has 0 unspecified atom stereocenters. The van der Waals surface area contributed by atoms with Gasteiger partial charge in [0.1, 0.15) is 0 Å². The van der Waals surface area contributed by atoms with Crippen LogP contribution in [0.1, 0.15) is 5.56 Å². The zero-order valence-electron chi connectivity index (χ0n) is 9.99. The van der Waals surface area contributed by atoms with Gasteiger partial charge in [0.15, 0.2) is 0 Å². The van der Waals surface area contributed by atoms with E-state index in [9.17, 15) is 4.79 Å². The van der Waals surface area contributed by atoms with Crippen molar-refractivity contribution in [2.75, 3.05) is 5.32 Å². The Bertz CT molecular complexity index is 570. The molecule has 0 aliphatic heterocycles. The Hall–Kier alpha value is -1.33. The molecule has 2 amide bonds. The minimum absolute atomic E-state index is 0.227. The Morgan fingerprint density at radius 3 is 2.37 bits per heavy atom. The third-order valence-corrected chi connectivity index (χ3v) is 3.71. The number of hydrogen-bond donors (Lipinski definition) is 2. The van der Waals surface area contributed by atoms with Gasteiger partial charge in [-0.05, 0) is 45.8 Å². The lowest BCUT2D eigenvalue weighted by Gasteiger charge is -2.09. The number of para-hydroxylation sites is 1. The first-order valence-electron chi connectivity index (χ1n) is 5.69. The molecule has 0 heterocycles. The number of amides is 2. The molecular weight excluding hydrogens is 372 g/mol. The molecule has 3 nitrogen and oxygen atoms in total. The Morgan fingerprint density at radius 2 is 1.68 bits per heavy atom. The molecule has 0 aliphatic carbocycles. The van der Waals surface area contributed by atoms with Crippen LogP contribution in [0.4, 0.5) is 10.5 Å². The van der Waals surface area contributed by atoms with Crippen molar-refractivity contribution in [1.82, 2.24) is 5.32 Å². The van der Waals surface area contributed by atoms with Crippen molar-refractivity contribution in [2.45, 2.75) is 6.54 Å². The van der Waals surface area contributed by atoms with Gasteiger partial charge in [-0.1, -0.05) is 40.2 Å². The van der Waals surface area contributed by atoms with Crippen molar-refractivity contribution < 1.29 is 4.79 Å². The van der Waals surface area contributed by atoms with Gasteiger partial charge in [-0.2, -0.15) is 0 Å². The van der Waals surface area contributed by atoms with Crippen molar-refractivity contribution in [3.05, 3.63) is 63.0 Å². The number of nitrogens with one attached hydrogen (secondary N) is 2. The van der Waals surface area contributed by atoms with Crippen LogP contribution in [0.15, 0.2) is 57.5 Å². The summed E-state index contributed by atoms with van der Waals surface area (Å²) >= 11 is 6.75. The second-order valence-corrected chi connectivity index (χ2v) is 5.68. The van der Waals surface area contributed by atoms with Crippen LogP contribution in [0.2, 0.25) is 0 Å². The lowest BCUT2D eigenvalue weighted by atomic mass is 10.2. The molecule has 0 spiro atoms. The fraction of sp³-hybridized carbons (Fsp3) is 0.0714. The van der Waals surface area contributed by atoms with Crippen LogP contribution in [0, 0.1) is 0 Å². The molecule has 98 valence electrons. The first-order chi connectivity index (χ1) is 9.15. The van der Waals surface area contributed by atoms with Gasteiger partial charge in [-0.15, -0.1) is 0 Å². The average Bonchev–Trinajstić information content (AvgIpc) is 2.41. The predicted molar refractivity (Wildman–Crippen MR) is 84.1 cm³/mol.